The molecule has 134 valence electrons. The zero-order valence-corrected chi connectivity index (χ0v) is 14.8. The smallest absolute Gasteiger partial charge is 0.274 e. The van der Waals surface area contributed by atoms with Crippen LogP contribution in [0.5, 0.6) is 5.75 Å². The van der Waals surface area contributed by atoms with E-state index in [4.69, 9.17) is 27.8 Å². The van der Waals surface area contributed by atoms with E-state index in [0.717, 1.165) is 5.56 Å². The molecule has 3 rings (SSSR count). The number of benzene rings is 2. The summed E-state index contributed by atoms with van der Waals surface area (Å²) in [5.74, 6) is 0.210. The van der Waals surface area contributed by atoms with Gasteiger partial charge in [0.05, 0.1) is 10.5 Å². The summed E-state index contributed by atoms with van der Waals surface area (Å²) < 4.78 is 5.79. The molecular weight excluding hydrogens is 354 g/mol. The van der Waals surface area contributed by atoms with E-state index >= 15 is 0 Å². The van der Waals surface area contributed by atoms with Gasteiger partial charge in [-0.15, -0.1) is 0 Å². The Morgan fingerprint density at radius 2 is 2.12 bits per heavy atom. The lowest BCUT2D eigenvalue weighted by molar-refractivity contribution is 0.0972. The van der Waals surface area contributed by atoms with Gasteiger partial charge in [0.1, 0.15) is 18.1 Å². The second-order valence-electron chi connectivity index (χ2n) is 5.65. The van der Waals surface area contributed by atoms with Gasteiger partial charge in [-0.1, -0.05) is 23.7 Å². The number of hydrogen-bond donors (Lipinski definition) is 4. The van der Waals surface area contributed by atoms with Gasteiger partial charge in [0, 0.05) is 24.2 Å². The molecule has 0 aliphatic rings. The van der Waals surface area contributed by atoms with E-state index < -0.39 is 5.91 Å². The molecule has 0 spiro atoms. The van der Waals surface area contributed by atoms with Crippen LogP contribution in [0.4, 0.5) is 5.69 Å². The van der Waals surface area contributed by atoms with Crippen molar-refractivity contribution in [2.24, 2.45) is 10.7 Å². The van der Waals surface area contributed by atoms with E-state index in [9.17, 15) is 4.79 Å². The SMILES string of the molecule is CN=C(N)NC(=O)c1cc2c(Cl)cc(OCc3cccc(N)c3)cc2[nH]1. The number of nitrogens with one attached hydrogen (secondary N) is 2. The molecule has 1 heterocycles. The second-order valence-corrected chi connectivity index (χ2v) is 6.05. The molecule has 0 aliphatic heterocycles. The lowest BCUT2D eigenvalue weighted by atomic mass is 10.2. The Morgan fingerprint density at radius 3 is 2.85 bits per heavy atom. The van der Waals surface area contributed by atoms with Crippen molar-refractivity contribution in [2.45, 2.75) is 6.61 Å². The Balaban J connectivity index is 1.82. The van der Waals surface area contributed by atoms with Crippen LogP contribution in [-0.4, -0.2) is 23.9 Å². The number of guanidine groups is 1. The predicted molar refractivity (Wildman–Crippen MR) is 104 cm³/mol. The van der Waals surface area contributed by atoms with E-state index in [2.05, 4.69) is 15.3 Å². The van der Waals surface area contributed by atoms with Gasteiger partial charge in [0.2, 0.25) is 0 Å². The fourth-order valence-corrected chi connectivity index (χ4v) is 2.73. The average molecular weight is 372 g/mol. The Kier molecular flexibility index (Phi) is 4.99. The van der Waals surface area contributed by atoms with Crippen LogP contribution in [0.2, 0.25) is 5.02 Å². The quantitative estimate of drug-likeness (QED) is 0.320. The molecule has 0 fully saturated rings. The van der Waals surface area contributed by atoms with Crippen molar-refractivity contribution in [2.75, 3.05) is 12.8 Å². The molecule has 0 unspecified atom stereocenters. The van der Waals surface area contributed by atoms with E-state index in [-0.39, 0.29) is 5.96 Å². The van der Waals surface area contributed by atoms with Crippen LogP contribution in [0.1, 0.15) is 16.1 Å². The third-order valence-electron chi connectivity index (χ3n) is 3.74. The number of aliphatic imine (C=N–C) groups is 1. The Bertz CT molecular complexity index is 996. The van der Waals surface area contributed by atoms with Gasteiger partial charge in [-0.3, -0.25) is 15.1 Å². The Labute approximate surface area is 155 Å². The minimum Gasteiger partial charge on any atom is -0.489 e. The summed E-state index contributed by atoms with van der Waals surface area (Å²) in [6.07, 6.45) is 0. The monoisotopic (exact) mass is 371 g/mol. The van der Waals surface area contributed by atoms with Gasteiger partial charge in [0.25, 0.3) is 5.91 Å². The van der Waals surface area contributed by atoms with Crippen LogP contribution in [0, 0.1) is 0 Å². The molecular formula is C18H18ClN5O2. The van der Waals surface area contributed by atoms with Crippen molar-refractivity contribution in [3.05, 3.63) is 58.7 Å². The summed E-state index contributed by atoms with van der Waals surface area (Å²) in [6.45, 7) is 0.352. The molecule has 0 aliphatic carbocycles. The van der Waals surface area contributed by atoms with Crippen molar-refractivity contribution in [3.63, 3.8) is 0 Å². The number of halogens is 1. The molecule has 8 heteroatoms. The van der Waals surface area contributed by atoms with Crippen molar-refractivity contribution in [1.82, 2.24) is 10.3 Å². The highest BCUT2D eigenvalue weighted by Gasteiger charge is 2.13. The second kappa shape index (κ2) is 7.37. The first-order valence-corrected chi connectivity index (χ1v) is 8.17. The molecule has 0 atom stereocenters. The third-order valence-corrected chi connectivity index (χ3v) is 4.06. The number of ether oxygens (including phenoxy) is 1. The number of nitrogens with two attached hydrogens (primary N) is 2. The zero-order valence-electron chi connectivity index (χ0n) is 14.0. The van der Waals surface area contributed by atoms with Crippen LogP contribution in [0.25, 0.3) is 10.9 Å². The lowest BCUT2D eigenvalue weighted by Crippen LogP contribution is -2.36. The van der Waals surface area contributed by atoms with Gasteiger partial charge in [-0.2, -0.15) is 0 Å². The number of hydrogen-bond acceptors (Lipinski definition) is 4. The molecule has 0 bridgehead atoms. The van der Waals surface area contributed by atoms with Crippen LogP contribution in [0.15, 0.2) is 47.5 Å². The highest BCUT2D eigenvalue weighted by Crippen LogP contribution is 2.30. The van der Waals surface area contributed by atoms with E-state index in [1.165, 1.54) is 7.05 Å². The molecule has 0 saturated heterocycles. The van der Waals surface area contributed by atoms with Crippen molar-refractivity contribution >= 4 is 40.1 Å². The summed E-state index contributed by atoms with van der Waals surface area (Å²) in [5.41, 5.74) is 13.9. The first-order valence-electron chi connectivity index (χ1n) is 7.79. The molecule has 3 aromatic rings. The normalized spacial score (nSPS) is 11.5. The number of aromatic amines is 1. The predicted octanol–water partition coefficient (Wildman–Crippen LogP) is 2.66. The number of H-pyrrole nitrogens is 1. The maximum atomic E-state index is 12.1. The molecule has 2 aromatic carbocycles. The number of carbonyl (C=O) groups is 1. The molecule has 26 heavy (non-hydrogen) atoms. The van der Waals surface area contributed by atoms with Crippen molar-refractivity contribution in [1.29, 1.82) is 0 Å². The number of carbonyl (C=O) groups excluding carboxylic acids is 1. The Hall–Kier alpha value is -3.19. The molecule has 0 saturated carbocycles. The van der Waals surface area contributed by atoms with Crippen molar-refractivity contribution < 1.29 is 9.53 Å². The fraction of sp³-hybridized carbons (Fsp3) is 0.111. The molecule has 7 nitrogen and oxygen atoms in total. The molecule has 1 amide bonds. The van der Waals surface area contributed by atoms with E-state index in [1.54, 1.807) is 18.2 Å². The summed E-state index contributed by atoms with van der Waals surface area (Å²) in [5, 5.41) is 3.64. The van der Waals surface area contributed by atoms with Gasteiger partial charge in [-0.05, 0) is 29.8 Å². The van der Waals surface area contributed by atoms with Crippen LogP contribution in [0.3, 0.4) is 0 Å². The van der Waals surface area contributed by atoms with Crippen LogP contribution < -0.4 is 21.5 Å². The van der Waals surface area contributed by atoms with Gasteiger partial charge in [-0.25, -0.2) is 0 Å². The molecule has 6 N–H and O–H groups in total. The number of nitrogens with zero attached hydrogens (tertiary/aromatic N) is 1. The maximum absolute atomic E-state index is 12.1. The Morgan fingerprint density at radius 1 is 1.31 bits per heavy atom. The maximum Gasteiger partial charge on any atom is 0.274 e. The summed E-state index contributed by atoms with van der Waals surface area (Å²) in [7, 11) is 1.49. The number of aromatic nitrogens is 1. The summed E-state index contributed by atoms with van der Waals surface area (Å²) >= 11 is 6.32. The first kappa shape index (κ1) is 17.6. The highest BCUT2D eigenvalue weighted by atomic mass is 35.5. The van der Waals surface area contributed by atoms with E-state index in [1.807, 2.05) is 24.3 Å². The number of rotatable bonds is 4. The minimum absolute atomic E-state index is 0.0332. The fourth-order valence-electron chi connectivity index (χ4n) is 2.46. The largest absolute Gasteiger partial charge is 0.489 e. The lowest BCUT2D eigenvalue weighted by Gasteiger charge is -2.08. The number of nitrogen functional groups attached to an aromatic ring is 1. The van der Waals surface area contributed by atoms with Crippen LogP contribution in [-0.2, 0) is 6.61 Å². The molecule has 1 aromatic heterocycles. The topological polar surface area (TPSA) is 119 Å². The summed E-state index contributed by atoms with van der Waals surface area (Å²) in [6, 6.07) is 12.6. The van der Waals surface area contributed by atoms with Crippen molar-refractivity contribution in [3.8, 4) is 5.75 Å². The molecule has 0 radical (unpaired) electrons. The third kappa shape index (κ3) is 3.89. The van der Waals surface area contributed by atoms with E-state index in [0.29, 0.717) is 39.7 Å². The van der Waals surface area contributed by atoms with Crippen LogP contribution >= 0.6 is 11.6 Å². The highest BCUT2D eigenvalue weighted by molar-refractivity contribution is 6.35. The number of amides is 1. The van der Waals surface area contributed by atoms with Gasteiger partial charge < -0.3 is 21.2 Å². The van der Waals surface area contributed by atoms with Gasteiger partial charge >= 0.3 is 0 Å². The summed E-state index contributed by atoms with van der Waals surface area (Å²) in [4.78, 5) is 18.8. The number of fused-ring (bicyclic) bond motifs is 1. The number of anilines is 1. The minimum atomic E-state index is -0.400. The average Bonchev–Trinajstić information content (AvgIpc) is 3.05. The standard InChI is InChI=1S/C18H18ClN5O2/c1-22-18(21)24-17(25)16-8-13-14(19)6-12(7-15(13)23-16)26-9-10-3-2-4-11(20)5-10/h2-8,23H,9,20H2,1H3,(H3,21,22,24,25). The van der Waals surface area contributed by atoms with Gasteiger partial charge in [0.15, 0.2) is 5.96 Å². The first-order chi connectivity index (χ1) is 12.5. The zero-order chi connectivity index (χ0) is 18.7.